The Hall–Kier alpha value is -1.15. The summed E-state index contributed by atoms with van der Waals surface area (Å²) >= 11 is 0. The fourth-order valence-corrected chi connectivity index (χ4v) is 4.49. The van der Waals surface area contributed by atoms with E-state index in [1.807, 2.05) is 0 Å². The monoisotopic (exact) mass is 389 g/mol. The first-order chi connectivity index (χ1) is 11.3. The van der Waals surface area contributed by atoms with Crippen molar-refractivity contribution in [3.8, 4) is 0 Å². The van der Waals surface area contributed by atoms with Crippen LogP contribution in [0.4, 0.5) is 0 Å². The molecule has 8 heteroatoms. The van der Waals surface area contributed by atoms with Gasteiger partial charge in [-0.15, -0.1) is 12.4 Å². The van der Waals surface area contributed by atoms with Gasteiger partial charge in [0, 0.05) is 31.7 Å². The third-order valence-electron chi connectivity index (χ3n) is 4.78. The molecule has 2 N–H and O–H groups in total. The number of carbonyl (C=O) groups excluding carboxylic acids is 1. The Balaban J connectivity index is 0.00000312. The van der Waals surface area contributed by atoms with Crippen LogP contribution in [0.2, 0.25) is 0 Å². The van der Waals surface area contributed by atoms with E-state index in [9.17, 15) is 13.2 Å². The molecule has 1 aliphatic heterocycles. The zero-order chi connectivity index (χ0) is 18.0. The summed E-state index contributed by atoms with van der Waals surface area (Å²) in [5, 5.41) is 0. The maximum atomic E-state index is 12.6. The maximum Gasteiger partial charge on any atom is 0.253 e. The molecule has 1 heterocycles. The number of benzene rings is 1. The highest BCUT2D eigenvalue weighted by Gasteiger charge is 2.35. The zero-order valence-electron chi connectivity index (χ0n) is 15.1. The Labute approximate surface area is 156 Å². The summed E-state index contributed by atoms with van der Waals surface area (Å²) in [6.07, 6.45) is 0.893. The molecule has 0 aliphatic carbocycles. The van der Waals surface area contributed by atoms with Crippen LogP contribution in [0.3, 0.4) is 0 Å². The summed E-state index contributed by atoms with van der Waals surface area (Å²) in [6.45, 7) is 8.42. The van der Waals surface area contributed by atoms with E-state index in [4.69, 9.17) is 5.73 Å². The van der Waals surface area contributed by atoms with Crippen molar-refractivity contribution < 1.29 is 13.2 Å². The molecule has 1 fully saturated rings. The quantitative estimate of drug-likeness (QED) is 0.805. The smallest absolute Gasteiger partial charge is 0.253 e. The summed E-state index contributed by atoms with van der Waals surface area (Å²) in [7, 11) is -3.49. The predicted molar refractivity (Wildman–Crippen MR) is 101 cm³/mol. The summed E-state index contributed by atoms with van der Waals surface area (Å²) in [5.74, 6) is -0.0704. The molecule has 0 saturated carbocycles. The number of amides is 1. The van der Waals surface area contributed by atoms with E-state index in [1.165, 1.54) is 16.4 Å². The topological polar surface area (TPSA) is 83.7 Å². The third kappa shape index (κ3) is 4.53. The van der Waals surface area contributed by atoms with E-state index in [0.29, 0.717) is 38.3 Å². The van der Waals surface area contributed by atoms with Gasteiger partial charge in [0.2, 0.25) is 10.0 Å². The van der Waals surface area contributed by atoms with E-state index in [-0.39, 0.29) is 28.6 Å². The Morgan fingerprint density at radius 3 is 2.24 bits per heavy atom. The minimum atomic E-state index is -3.49. The van der Waals surface area contributed by atoms with Crippen LogP contribution in [0, 0.1) is 5.41 Å². The maximum absolute atomic E-state index is 12.6. The average molecular weight is 390 g/mol. The Bertz CT molecular complexity index is 690. The van der Waals surface area contributed by atoms with Crippen LogP contribution in [0.5, 0.6) is 0 Å². The average Bonchev–Trinajstić information content (AvgIpc) is 2.98. The second-order valence-electron chi connectivity index (χ2n) is 6.61. The number of likely N-dealkylation sites (tertiary alicyclic amines) is 1. The minimum Gasteiger partial charge on any atom is -0.338 e. The number of rotatable bonds is 6. The van der Waals surface area contributed by atoms with E-state index < -0.39 is 10.0 Å². The number of halogens is 1. The number of sulfonamides is 1. The van der Waals surface area contributed by atoms with Crippen LogP contribution in [0.1, 0.15) is 37.6 Å². The SMILES string of the molecule is CCN(CC)S(=O)(=O)c1ccc(C(=O)N2CCC(C)(CN)C2)cc1.Cl. The molecule has 0 spiro atoms. The Morgan fingerprint density at radius 1 is 1.24 bits per heavy atom. The molecule has 0 aromatic heterocycles. The Morgan fingerprint density at radius 2 is 1.80 bits per heavy atom. The van der Waals surface area contributed by atoms with Crippen molar-refractivity contribution >= 4 is 28.3 Å². The van der Waals surface area contributed by atoms with Crippen LogP contribution in [0.15, 0.2) is 29.2 Å². The first kappa shape index (κ1) is 21.9. The largest absolute Gasteiger partial charge is 0.338 e. The lowest BCUT2D eigenvalue weighted by Gasteiger charge is -2.22. The predicted octanol–water partition coefficient (Wildman–Crippen LogP) is 1.95. The van der Waals surface area contributed by atoms with Crippen molar-refractivity contribution in [3.05, 3.63) is 29.8 Å². The molecule has 0 radical (unpaired) electrons. The number of nitrogens with two attached hydrogens (primary N) is 1. The summed E-state index contributed by atoms with van der Waals surface area (Å²) in [5.41, 5.74) is 6.27. The lowest BCUT2D eigenvalue weighted by Crippen LogP contribution is -2.34. The highest BCUT2D eigenvalue weighted by atomic mass is 35.5. The number of hydrogen-bond donors (Lipinski definition) is 1. The fourth-order valence-electron chi connectivity index (χ4n) is 3.03. The van der Waals surface area contributed by atoms with Gasteiger partial charge in [-0.05, 0) is 42.6 Å². The fraction of sp³-hybridized carbons (Fsp3) is 0.588. The van der Waals surface area contributed by atoms with Crippen LogP contribution in [0.25, 0.3) is 0 Å². The van der Waals surface area contributed by atoms with Gasteiger partial charge >= 0.3 is 0 Å². The van der Waals surface area contributed by atoms with E-state index in [0.717, 1.165) is 6.42 Å². The van der Waals surface area contributed by atoms with Gasteiger partial charge < -0.3 is 10.6 Å². The van der Waals surface area contributed by atoms with Crippen LogP contribution in [-0.4, -0.2) is 56.3 Å². The summed E-state index contributed by atoms with van der Waals surface area (Å²) in [6, 6.07) is 6.21. The van der Waals surface area contributed by atoms with Crippen molar-refractivity contribution in [2.45, 2.75) is 32.1 Å². The third-order valence-corrected chi connectivity index (χ3v) is 6.85. The molecule has 0 bridgehead atoms. The molecule has 1 unspecified atom stereocenters. The van der Waals surface area contributed by atoms with Crippen LogP contribution < -0.4 is 5.73 Å². The second kappa shape index (κ2) is 8.49. The van der Waals surface area contributed by atoms with Crippen molar-refractivity contribution in [2.75, 3.05) is 32.7 Å². The molecular weight excluding hydrogens is 362 g/mol. The highest BCUT2D eigenvalue weighted by Crippen LogP contribution is 2.29. The van der Waals surface area contributed by atoms with Crippen LogP contribution in [-0.2, 0) is 10.0 Å². The zero-order valence-corrected chi connectivity index (χ0v) is 16.7. The first-order valence-electron chi connectivity index (χ1n) is 8.37. The normalized spacial score (nSPS) is 20.6. The molecule has 25 heavy (non-hydrogen) atoms. The van der Waals surface area contributed by atoms with Crippen molar-refractivity contribution in [1.82, 2.24) is 9.21 Å². The van der Waals surface area contributed by atoms with E-state index in [2.05, 4.69) is 6.92 Å². The molecule has 1 aliphatic rings. The molecule has 1 amide bonds. The minimum absolute atomic E-state index is 0. The highest BCUT2D eigenvalue weighted by molar-refractivity contribution is 7.89. The lowest BCUT2D eigenvalue weighted by molar-refractivity contribution is 0.0777. The standard InChI is InChI=1S/C17H27N3O3S.ClH/c1-4-20(5-2)24(22,23)15-8-6-14(7-9-15)16(21)19-11-10-17(3,12-18)13-19;/h6-9H,4-5,10-13,18H2,1-3H3;1H. The molecule has 1 aromatic rings. The number of carbonyl (C=O) groups is 1. The molecule has 6 nitrogen and oxygen atoms in total. The number of nitrogens with zero attached hydrogens (tertiary/aromatic N) is 2. The van der Waals surface area contributed by atoms with Gasteiger partial charge in [0.1, 0.15) is 0 Å². The van der Waals surface area contributed by atoms with E-state index >= 15 is 0 Å². The van der Waals surface area contributed by atoms with E-state index in [1.54, 1.807) is 30.9 Å². The van der Waals surface area contributed by atoms with Gasteiger partial charge in [-0.25, -0.2) is 8.42 Å². The van der Waals surface area contributed by atoms with Crippen molar-refractivity contribution in [2.24, 2.45) is 11.1 Å². The van der Waals surface area contributed by atoms with Gasteiger partial charge in [-0.2, -0.15) is 4.31 Å². The van der Waals surface area contributed by atoms with Gasteiger partial charge in [-0.1, -0.05) is 20.8 Å². The number of hydrogen-bond acceptors (Lipinski definition) is 4. The molecule has 1 aromatic carbocycles. The molecule has 1 atom stereocenters. The van der Waals surface area contributed by atoms with Crippen molar-refractivity contribution in [3.63, 3.8) is 0 Å². The first-order valence-corrected chi connectivity index (χ1v) is 9.81. The van der Waals surface area contributed by atoms with Gasteiger partial charge in [-0.3, -0.25) is 4.79 Å². The molecule has 2 rings (SSSR count). The summed E-state index contributed by atoms with van der Waals surface area (Å²) in [4.78, 5) is 14.6. The van der Waals surface area contributed by atoms with Gasteiger partial charge in [0.15, 0.2) is 0 Å². The Kier molecular flexibility index (Phi) is 7.43. The second-order valence-corrected chi connectivity index (χ2v) is 8.54. The summed E-state index contributed by atoms with van der Waals surface area (Å²) < 4.78 is 26.3. The van der Waals surface area contributed by atoms with Crippen molar-refractivity contribution in [1.29, 1.82) is 0 Å². The van der Waals surface area contributed by atoms with Crippen LogP contribution >= 0.6 is 12.4 Å². The van der Waals surface area contributed by atoms with Gasteiger partial charge in [0.25, 0.3) is 5.91 Å². The molecule has 142 valence electrons. The molecule has 1 saturated heterocycles. The van der Waals surface area contributed by atoms with Gasteiger partial charge in [0.05, 0.1) is 4.90 Å². The lowest BCUT2D eigenvalue weighted by atomic mass is 9.90. The molecular formula is C17H28ClN3O3S.